The largest absolute Gasteiger partial charge is 0.508 e. The average molecular weight is 461 g/mol. The third kappa shape index (κ3) is 5.95. The molecule has 4 heteroatoms. The van der Waals surface area contributed by atoms with Crippen LogP contribution in [-0.2, 0) is 0 Å². The van der Waals surface area contributed by atoms with Crippen molar-refractivity contribution in [1.82, 2.24) is 0 Å². The van der Waals surface area contributed by atoms with Gasteiger partial charge in [0.05, 0.1) is 11.2 Å². The molecule has 2 rings (SSSR count). The molecular formula is C29H48O4. The van der Waals surface area contributed by atoms with E-state index in [4.69, 9.17) is 0 Å². The summed E-state index contributed by atoms with van der Waals surface area (Å²) in [4.78, 5) is 0. The molecule has 0 saturated carbocycles. The van der Waals surface area contributed by atoms with Crippen molar-refractivity contribution < 1.29 is 20.4 Å². The van der Waals surface area contributed by atoms with Crippen LogP contribution in [0, 0.1) is 21.7 Å². The Hall–Kier alpha value is -1.52. The SMILES string of the molecule is CC(C)(C)C1=CC(O)(CC2(O)C=C(C(C)(C)C)C(O)=C(C(C)(C)C)C2)CC(C(C)(C)C)=C1O. The monoisotopic (exact) mass is 460 g/mol. The first-order valence-electron chi connectivity index (χ1n) is 12.2. The van der Waals surface area contributed by atoms with E-state index in [1.807, 2.05) is 83.1 Å². The quantitative estimate of drug-likeness (QED) is 0.348. The minimum atomic E-state index is -1.33. The summed E-state index contributed by atoms with van der Waals surface area (Å²) in [6.07, 6.45) is 4.11. The molecule has 4 N–H and O–H groups in total. The summed E-state index contributed by atoms with van der Waals surface area (Å²) in [7, 11) is 0. The molecule has 0 saturated heterocycles. The molecule has 0 spiro atoms. The summed E-state index contributed by atoms with van der Waals surface area (Å²) < 4.78 is 0. The van der Waals surface area contributed by atoms with Gasteiger partial charge in [-0.2, -0.15) is 0 Å². The van der Waals surface area contributed by atoms with Crippen molar-refractivity contribution in [2.45, 2.75) is 114 Å². The van der Waals surface area contributed by atoms with Crippen LogP contribution in [0.2, 0.25) is 0 Å². The molecule has 4 nitrogen and oxygen atoms in total. The van der Waals surface area contributed by atoms with Gasteiger partial charge in [-0.3, -0.25) is 0 Å². The second kappa shape index (κ2) is 8.02. The van der Waals surface area contributed by atoms with Gasteiger partial charge in [0.2, 0.25) is 0 Å². The van der Waals surface area contributed by atoms with Gasteiger partial charge >= 0.3 is 0 Å². The van der Waals surface area contributed by atoms with Crippen LogP contribution >= 0.6 is 0 Å². The van der Waals surface area contributed by atoms with Crippen LogP contribution in [0.4, 0.5) is 0 Å². The molecule has 2 aliphatic carbocycles. The van der Waals surface area contributed by atoms with Crippen molar-refractivity contribution in [2.24, 2.45) is 21.7 Å². The molecule has 0 radical (unpaired) electrons. The topological polar surface area (TPSA) is 80.9 Å². The number of hydrogen-bond acceptors (Lipinski definition) is 4. The van der Waals surface area contributed by atoms with Crippen molar-refractivity contribution >= 4 is 0 Å². The molecule has 2 aliphatic rings. The molecule has 0 aromatic carbocycles. The van der Waals surface area contributed by atoms with E-state index in [1.54, 1.807) is 12.2 Å². The van der Waals surface area contributed by atoms with Crippen LogP contribution < -0.4 is 0 Å². The highest BCUT2D eigenvalue weighted by Crippen LogP contribution is 2.51. The Labute approximate surface area is 201 Å². The van der Waals surface area contributed by atoms with E-state index in [0.29, 0.717) is 11.1 Å². The molecule has 0 fully saturated rings. The van der Waals surface area contributed by atoms with Gasteiger partial charge in [-0.25, -0.2) is 0 Å². The first kappa shape index (κ1) is 27.7. The number of aliphatic hydroxyl groups is 4. The van der Waals surface area contributed by atoms with Gasteiger partial charge in [0.25, 0.3) is 0 Å². The molecule has 0 aliphatic heterocycles. The molecule has 0 bridgehead atoms. The molecule has 188 valence electrons. The fourth-order valence-corrected chi connectivity index (χ4v) is 5.02. The van der Waals surface area contributed by atoms with Crippen molar-refractivity contribution in [3.8, 4) is 0 Å². The van der Waals surface area contributed by atoms with Gasteiger partial charge in [0.15, 0.2) is 0 Å². The third-order valence-electron chi connectivity index (χ3n) is 6.91. The zero-order chi connectivity index (χ0) is 26.0. The summed E-state index contributed by atoms with van der Waals surface area (Å²) >= 11 is 0. The minimum Gasteiger partial charge on any atom is -0.508 e. The second-order valence-corrected chi connectivity index (χ2v) is 14.5. The molecule has 0 amide bonds. The zero-order valence-corrected chi connectivity index (χ0v) is 23.1. The summed E-state index contributed by atoms with van der Waals surface area (Å²) in [5.74, 6) is 0.517. The van der Waals surface area contributed by atoms with E-state index in [0.717, 1.165) is 11.1 Å². The summed E-state index contributed by atoms with van der Waals surface area (Å²) in [5.41, 5.74) is -1.07. The maximum absolute atomic E-state index is 11.9. The van der Waals surface area contributed by atoms with E-state index >= 15 is 0 Å². The predicted molar refractivity (Wildman–Crippen MR) is 137 cm³/mol. The van der Waals surface area contributed by atoms with Crippen LogP contribution in [0.5, 0.6) is 0 Å². The van der Waals surface area contributed by atoms with Gasteiger partial charge in [0.1, 0.15) is 11.5 Å². The van der Waals surface area contributed by atoms with Crippen molar-refractivity contribution in [1.29, 1.82) is 0 Å². The molecular weight excluding hydrogens is 412 g/mol. The van der Waals surface area contributed by atoms with Crippen molar-refractivity contribution in [2.75, 3.05) is 0 Å². The van der Waals surface area contributed by atoms with Crippen LogP contribution in [0.25, 0.3) is 0 Å². The second-order valence-electron chi connectivity index (χ2n) is 14.5. The van der Waals surface area contributed by atoms with E-state index < -0.39 is 11.2 Å². The predicted octanol–water partition coefficient (Wildman–Crippen LogP) is 7.31. The van der Waals surface area contributed by atoms with E-state index in [9.17, 15) is 20.4 Å². The molecule has 2 atom stereocenters. The Kier molecular flexibility index (Phi) is 6.74. The highest BCUT2D eigenvalue weighted by atomic mass is 16.3. The molecule has 0 heterocycles. The van der Waals surface area contributed by atoms with Crippen molar-refractivity contribution in [3.63, 3.8) is 0 Å². The van der Waals surface area contributed by atoms with Gasteiger partial charge < -0.3 is 20.4 Å². The Morgan fingerprint density at radius 2 is 0.848 bits per heavy atom. The van der Waals surface area contributed by atoms with E-state index in [1.165, 1.54) is 0 Å². The molecule has 2 unspecified atom stereocenters. The third-order valence-corrected chi connectivity index (χ3v) is 6.91. The fraction of sp³-hybridized carbons (Fsp3) is 0.724. The van der Waals surface area contributed by atoms with E-state index in [2.05, 4.69) is 0 Å². The molecule has 0 aromatic rings. The molecule has 33 heavy (non-hydrogen) atoms. The van der Waals surface area contributed by atoms with Crippen LogP contribution in [-0.4, -0.2) is 31.6 Å². The summed E-state index contributed by atoms with van der Waals surface area (Å²) in [5, 5.41) is 46.1. The normalized spacial score (nSPS) is 28.2. The number of aliphatic hydroxyl groups excluding tert-OH is 2. The first-order chi connectivity index (χ1) is 14.4. The lowest BCUT2D eigenvalue weighted by molar-refractivity contribution is -0.0219. The number of hydrogen-bond donors (Lipinski definition) is 4. The lowest BCUT2D eigenvalue weighted by atomic mass is 9.64. The Bertz CT molecular complexity index is 841. The lowest BCUT2D eigenvalue weighted by Gasteiger charge is -2.45. The Balaban J connectivity index is 2.65. The van der Waals surface area contributed by atoms with E-state index in [-0.39, 0.29) is 52.4 Å². The van der Waals surface area contributed by atoms with Gasteiger partial charge in [-0.05, 0) is 56.1 Å². The van der Waals surface area contributed by atoms with Gasteiger partial charge in [0, 0.05) is 19.3 Å². The fourth-order valence-electron chi connectivity index (χ4n) is 5.02. The summed E-state index contributed by atoms with van der Waals surface area (Å²) in [6.45, 7) is 24.3. The standard InChI is InChI=1S/C29H48O4/c1-24(2,3)18-13-28(32,14-19(22(18)30)25(4,5)6)17-29(33)15-20(26(7,8)9)23(31)21(16-29)27(10,11)12/h13,15,30-33H,14,16-17H2,1-12H3. The van der Waals surface area contributed by atoms with Crippen LogP contribution in [0.15, 0.2) is 46.0 Å². The average Bonchev–Trinajstić information content (AvgIpc) is 2.55. The van der Waals surface area contributed by atoms with Crippen LogP contribution in [0.1, 0.15) is 102 Å². The molecule has 0 aromatic heterocycles. The van der Waals surface area contributed by atoms with Crippen LogP contribution in [0.3, 0.4) is 0 Å². The first-order valence-corrected chi connectivity index (χ1v) is 12.2. The minimum absolute atomic E-state index is 0.0822. The highest BCUT2D eigenvalue weighted by Gasteiger charge is 2.47. The zero-order valence-electron chi connectivity index (χ0n) is 23.1. The maximum atomic E-state index is 11.9. The number of allylic oxidation sites excluding steroid dienone is 2. The number of rotatable bonds is 2. The highest BCUT2D eigenvalue weighted by molar-refractivity contribution is 5.46. The van der Waals surface area contributed by atoms with Crippen molar-refractivity contribution in [3.05, 3.63) is 46.0 Å². The van der Waals surface area contributed by atoms with Gasteiger partial charge in [-0.1, -0.05) is 83.1 Å². The Morgan fingerprint density at radius 3 is 1.06 bits per heavy atom. The lowest BCUT2D eigenvalue weighted by Crippen LogP contribution is -2.45. The smallest absolute Gasteiger partial charge is 0.118 e. The van der Waals surface area contributed by atoms with Gasteiger partial charge in [-0.15, -0.1) is 0 Å². The maximum Gasteiger partial charge on any atom is 0.118 e. The summed E-state index contributed by atoms with van der Waals surface area (Å²) in [6, 6.07) is 0. The Morgan fingerprint density at radius 1 is 0.576 bits per heavy atom.